The molecule has 0 aliphatic heterocycles. The summed E-state index contributed by atoms with van der Waals surface area (Å²) in [5, 5.41) is 10.4. The Bertz CT molecular complexity index is 515. The topological polar surface area (TPSA) is 65.3 Å². The van der Waals surface area contributed by atoms with Gasteiger partial charge >= 0.3 is 18.2 Å². The Hall–Kier alpha value is -1.34. The fourth-order valence-electron chi connectivity index (χ4n) is 0.999. The fourth-order valence-corrected chi connectivity index (χ4v) is 1.70. The van der Waals surface area contributed by atoms with Gasteiger partial charge in [-0.2, -0.15) is 13.2 Å². The Balaban J connectivity index is 3.51. The summed E-state index contributed by atoms with van der Waals surface area (Å²) in [5.41, 5.74) is -3.01. The van der Waals surface area contributed by atoms with Crippen LogP contribution in [-0.4, -0.2) is 16.3 Å². The second kappa shape index (κ2) is 4.97. The zero-order chi connectivity index (χ0) is 15.0. The number of rotatable bonds is 2. The molecule has 0 N–H and O–H groups in total. The highest BCUT2D eigenvalue weighted by atomic mass is 127. The number of ether oxygens (including phenoxy) is 1. The quantitative estimate of drug-likeness (QED) is 0.329. The van der Waals surface area contributed by atoms with Crippen molar-refractivity contribution in [2.24, 2.45) is 0 Å². The Labute approximate surface area is 113 Å². The molecule has 0 bridgehead atoms. The van der Waals surface area contributed by atoms with E-state index in [1.54, 1.807) is 0 Å². The maximum atomic E-state index is 12.5. The number of hydrogen-bond donors (Lipinski definition) is 0. The minimum absolute atomic E-state index is 0.216. The van der Waals surface area contributed by atoms with Crippen molar-refractivity contribution in [1.29, 1.82) is 0 Å². The van der Waals surface area contributed by atoms with Gasteiger partial charge in [-0.15, -0.1) is 13.2 Å². The van der Waals surface area contributed by atoms with Crippen molar-refractivity contribution in [3.8, 4) is 5.75 Å². The monoisotopic (exact) mass is 402 g/mol. The molecule has 0 saturated carbocycles. The molecule has 0 atom stereocenters. The van der Waals surface area contributed by atoms with Crippen molar-refractivity contribution in [1.82, 2.24) is 4.98 Å². The molecule has 1 rings (SSSR count). The molecule has 0 unspecified atom stereocenters. The Morgan fingerprint density at radius 2 is 1.79 bits per heavy atom. The third kappa shape index (κ3) is 3.81. The molecular formula is C7HF6IN2O3. The third-order valence-electron chi connectivity index (χ3n) is 1.64. The molecule has 0 saturated heterocycles. The van der Waals surface area contributed by atoms with E-state index >= 15 is 0 Å². The second-order valence-corrected chi connectivity index (χ2v) is 4.02. The number of halogens is 7. The SMILES string of the molecule is O=[N+]([O-])c1cnc(C(F)(F)F)c(OC(F)(F)F)c1I. The minimum atomic E-state index is -5.43. The van der Waals surface area contributed by atoms with Crippen molar-refractivity contribution in [2.75, 3.05) is 0 Å². The Kier molecular flexibility index (Phi) is 4.11. The number of nitro groups is 1. The lowest BCUT2D eigenvalue weighted by molar-refractivity contribution is -0.386. The number of hydrogen-bond acceptors (Lipinski definition) is 4. The zero-order valence-electron chi connectivity index (χ0n) is 8.34. The van der Waals surface area contributed by atoms with Crippen molar-refractivity contribution in [3.63, 3.8) is 0 Å². The van der Waals surface area contributed by atoms with Gasteiger partial charge in [-0.25, -0.2) is 4.98 Å². The molecule has 5 nitrogen and oxygen atoms in total. The van der Waals surface area contributed by atoms with Gasteiger partial charge in [0, 0.05) is 0 Å². The van der Waals surface area contributed by atoms with Crippen LogP contribution in [-0.2, 0) is 6.18 Å². The van der Waals surface area contributed by atoms with E-state index < -0.39 is 38.2 Å². The van der Waals surface area contributed by atoms with Gasteiger partial charge < -0.3 is 4.74 Å². The lowest BCUT2D eigenvalue weighted by Crippen LogP contribution is -2.22. The van der Waals surface area contributed by atoms with Gasteiger partial charge in [-0.1, -0.05) is 0 Å². The van der Waals surface area contributed by atoms with Crippen LogP contribution in [0.1, 0.15) is 5.69 Å². The van der Waals surface area contributed by atoms with Crippen LogP contribution in [0.15, 0.2) is 6.20 Å². The standard InChI is InChI=1S/C7HF6IN2O3/c8-6(9,10)5-4(19-7(11,12)13)3(14)2(1-15-5)16(17)18/h1H. The van der Waals surface area contributed by atoms with E-state index in [0.29, 0.717) is 0 Å². The van der Waals surface area contributed by atoms with Crippen molar-refractivity contribution >= 4 is 28.3 Å². The van der Waals surface area contributed by atoms with Gasteiger partial charge in [-0.05, 0) is 22.6 Å². The smallest absolute Gasteiger partial charge is 0.402 e. The molecule has 106 valence electrons. The largest absolute Gasteiger partial charge is 0.573 e. The molecule has 0 amide bonds. The zero-order valence-corrected chi connectivity index (χ0v) is 10.5. The second-order valence-electron chi connectivity index (χ2n) is 2.94. The molecule has 1 aromatic heterocycles. The number of aromatic nitrogens is 1. The first-order chi connectivity index (χ1) is 8.43. The first-order valence-corrected chi connectivity index (χ1v) is 5.17. The van der Waals surface area contributed by atoms with Crippen LogP contribution in [0.2, 0.25) is 0 Å². The molecule has 0 spiro atoms. The average Bonchev–Trinajstić information content (AvgIpc) is 2.16. The van der Waals surface area contributed by atoms with E-state index in [1.165, 1.54) is 0 Å². The summed E-state index contributed by atoms with van der Waals surface area (Å²) >= 11 is 0.955. The van der Waals surface area contributed by atoms with E-state index in [4.69, 9.17) is 0 Å². The number of nitrogens with zero attached hydrogens (tertiary/aromatic N) is 2. The molecular weight excluding hydrogens is 401 g/mol. The van der Waals surface area contributed by atoms with Crippen LogP contribution in [0.4, 0.5) is 32.0 Å². The maximum Gasteiger partial charge on any atom is 0.573 e. The summed E-state index contributed by atoms with van der Waals surface area (Å²) in [5.74, 6) is -1.74. The van der Waals surface area contributed by atoms with Crippen LogP contribution in [0, 0.1) is 13.7 Å². The molecule has 12 heteroatoms. The fraction of sp³-hybridized carbons (Fsp3) is 0.286. The normalized spacial score (nSPS) is 12.4. The maximum absolute atomic E-state index is 12.5. The predicted molar refractivity (Wildman–Crippen MR) is 55.3 cm³/mol. The Morgan fingerprint density at radius 3 is 2.16 bits per heavy atom. The molecule has 0 aliphatic carbocycles. The van der Waals surface area contributed by atoms with Gasteiger partial charge in [0.25, 0.3) is 0 Å². The molecule has 0 radical (unpaired) electrons. The highest BCUT2D eigenvalue weighted by Gasteiger charge is 2.43. The van der Waals surface area contributed by atoms with Crippen molar-refractivity contribution in [2.45, 2.75) is 12.5 Å². The van der Waals surface area contributed by atoms with Crippen LogP contribution in [0.25, 0.3) is 0 Å². The lowest BCUT2D eigenvalue weighted by Gasteiger charge is -2.15. The molecule has 0 aliphatic rings. The number of alkyl halides is 6. The minimum Gasteiger partial charge on any atom is -0.402 e. The van der Waals surface area contributed by atoms with Gasteiger partial charge in [-0.3, -0.25) is 10.1 Å². The summed E-state index contributed by atoms with van der Waals surface area (Å²) in [6.45, 7) is 0. The third-order valence-corrected chi connectivity index (χ3v) is 2.68. The molecule has 1 heterocycles. The average molecular weight is 402 g/mol. The molecule has 0 aromatic carbocycles. The lowest BCUT2D eigenvalue weighted by atomic mass is 10.3. The van der Waals surface area contributed by atoms with E-state index in [1.807, 2.05) is 0 Å². The number of pyridine rings is 1. The predicted octanol–water partition coefficient (Wildman–Crippen LogP) is 3.51. The summed E-state index contributed by atoms with van der Waals surface area (Å²) in [7, 11) is 0. The van der Waals surface area contributed by atoms with Crippen molar-refractivity contribution in [3.05, 3.63) is 25.6 Å². The van der Waals surface area contributed by atoms with Crippen LogP contribution < -0.4 is 4.74 Å². The van der Waals surface area contributed by atoms with Crippen LogP contribution in [0.3, 0.4) is 0 Å². The highest BCUT2D eigenvalue weighted by Crippen LogP contribution is 2.42. The van der Waals surface area contributed by atoms with Crippen LogP contribution in [0.5, 0.6) is 5.75 Å². The molecule has 1 aromatic rings. The summed E-state index contributed by atoms with van der Waals surface area (Å²) < 4.78 is 75.7. The highest BCUT2D eigenvalue weighted by molar-refractivity contribution is 14.1. The molecule has 0 fully saturated rings. The van der Waals surface area contributed by atoms with E-state index in [-0.39, 0.29) is 6.20 Å². The van der Waals surface area contributed by atoms with Gasteiger partial charge in [0.2, 0.25) is 0 Å². The van der Waals surface area contributed by atoms with E-state index in [2.05, 4.69) is 9.72 Å². The van der Waals surface area contributed by atoms with Gasteiger partial charge in [0.15, 0.2) is 11.4 Å². The Morgan fingerprint density at radius 1 is 1.26 bits per heavy atom. The van der Waals surface area contributed by atoms with Crippen molar-refractivity contribution < 1.29 is 36.0 Å². The first kappa shape index (κ1) is 15.7. The van der Waals surface area contributed by atoms with E-state index in [9.17, 15) is 36.5 Å². The van der Waals surface area contributed by atoms with E-state index in [0.717, 1.165) is 22.6 Å². The van der Waals surface area contributed by atoms with Crippen LogP contribution >= 0.6 is 22.6 Å². The first-order valence-electron chi connectivity index (χ1n) is 4.09. The summed E-state index contributed by atoms with van der Waals surface area (Å²) in [4.78, 5) is 11.9. The summed E-state index contributed by atoms with van der Waals surface area (Å²) in [6.07, 6.45) is -10.5. The summed E-state index contributed by atoms with van der Waals surface area (Å²) in [6, 6.07) is 0. The van der Waals surface area contributed by atoms with Gasteiger partial charge in [0.1, 0.15) is 9.77 Å². The molecule has 19 heavy (non-hydrogen) atoms. The van der Waals surface area contributed by atoms with Gasteiger partial charge in [0.05, 0.1) is 4.92 Å².